The number of rotatable bonds is 5. The number of nitrogens with zero attached hydrogens (tertiary/aromatic N) is 2. The molecule has 3 rings (SSSR count). The molecule has 9 heteroatoms. The number of thiol groups is 1. The summed E-state index contributed by atoms with van der Waals surface area (Å²) in [6.45, 7) is 5.33. The molecule has 2 aromatic heterocycles. The van der Waals surface area contributed by atoms with E-state index in [0.717, 1.165) is 0 Å². The van der Waals surface area contributed by atoms with E-state index in [1.807, 2.05) is 0 Å². The summed E-state index contributed by atoms with van der Waals surface area (Å²) in [5.74, 6) is -0.0350. The summed E-state index contributed by atoms with van der Waals surface area (Å²) in [6, 6.07) is 13.6. The van der Waals surface area contributed by atoms with Crippen LogP contribution in [0, 0.1) is 0 Å². The van der Waals surface area contributed by atoms with Crippen molar-refractivity contribution in [3.8, 4) is 0 Å². The zero-order chi connectivity index (χ0) is 23.3. The van der Waals surface area contributed by atoms with Crippen molar-refractivity contribution in [2.75, 3.05) is 10.6 Å². The molecule has 3 aromatic rings. The fourth-order valence-corrected chi connectivity index (χ4v) is 3.40. The molecule has 0 saturated carbocycles. The van der Waals surface area contributed by atoms with Crippen LogP contribution in [0.25, 0.3) is 0 Å². The number of pyridine rings is 2. The highest BCUT2D eigenvalue weighted by molar-refractivity contribution is 7.80. The molecule has 0 radical (unpaired) electrons. The molecule has 0 spiro atoms. The third-order valence-electron chi connectivity index (χ3n) is 4.15. The predicted octanol–water partition coefficient (Wildman–Crippen LogP) is 5.75. The zero-order valence-electron chi connectivity index (χ0n) is 17.8. The van der Waals surface area contributed by atoms with Crippen molar-refractivity contribution in [2.45, 2.75) is 31.6 Å². The minimum Gasteiger partial charge on any atom is -0.444 e. The number of amides is 2. The Bertz CT molecular complexity index is 1130. The fraction of sp³-hybridized carbons (Fsp3) is 0.217. The van der Waals surface area contributed by atoms with Crippen LogP contribution in [0.4, 0.5) is 16.3 Å². The Labute approximate surface area is 197 Å². The second kappa shape index (κ2) is 10.0. The first-order chi connectivity index (χ1) is 15.1. The van der Waals surface area contributed by atoms with Crippen molar-refractivity contribution in [1.29, 1.82) is 0 Å². The van der Waals surface area contributed by atoms with Crippen LogP contribution < -0.4 is 10.6 Å². The normalized spacial score (nSPS) is 12.0. The number of aromatic nitrogens is 2. The molecule has 166 valence electrons. The Hall–Kier alpha value is -3.10. The average molecular weight is 471 g/mol. The van der Waals surface area contributed by atoms with E-state index in [2.05, 4.69) is 33.2 Å². The molecule has 0 aliphatic carbocycles. The number of carbonyl (C=O) groups is 2. The van der Waals surface area contributed by atoms with Gasteiger partial charge in [-0.1, -0.05) is 17.7 Å². The third kappa shape index (κ3) is 6.45. The molecule has 1 aromatic carbocycles. The highest BCUT2D eigenvalue weighted by atomic mass is 35.5. The number of hydrogen-bond donors (Lipinski definition) is 3. The Balaban J connectivity index is 1.82. The molecule has 1 unspecified atom stereocenters. The van der Waals surface area contributed by atoms with E-state index in [4.69, 9.17) is 16.3 Å². The zero-order valence-corrected chi connectivity index (χ0v) is 19.4. The van der Waals surface area contributed by atoms with Gasteiger partial charge in [0.05, 0.1) is 16.5 Å². The van der Waals surface area contributed by atoms with E-state index in [1.54, 1.807) is 81.7 Å². The summed E-state index contributed by atoms with van der Waals surface area (Å²) in [7, 11) is 0. The second-order valence-electron chi connectivity index (χ2n) is 7.90. The third-order valence-corrected chi connectivity index (χ3v) is 4.93. The highest BCUT2D eigenvalue weighted by Crippen LogP contribution is 2.30. The molecule has 2 heterocycles. The summed E-state index contributed by atoms with van der Waals surface area (Å²) in [6.07, 6.45) is 2.52. The predicted molar refractivity (Wildman–Crippen MR) is 129 cm³/mol. The van der Waals surface area contributed by atoms with Crippen LogP contribution in [-0.4, -0.2) is 27.6 Å². The van der Waals surface area contributed by atoms with Gasteiger partial charge in [-0.3, -0.25) is 15.1 Å². The average Bonchev–Trinajstić information content (AvgIpc) is 2.72. The Morgan fingerprint density at radius 2 is 1.81 bits per heavy atom. The number of anilines is 2. The van der Waals surface area contributed by atoms with Gasteiger partial charge in [0.1, 0.15) is 11.4 Å². The second-order valence-corrected chi connectivity index (χ2v) is 8.86. The van der Waals surface area contributed by atoms with Crippen molar-refractivity contribution < 1.29 is 14.3 Å². The Morgan fingerprint density at radius 1 is 1.03 bits per heavy atom. The maximum Gasteiger partial charge on any atom is 0.413 e. The van der Waals surface area contributed by atoms with E-state index in [1.165, 1.54) is 0 Å². The largest absolute Gasteiger partial charge is 0.444 e. The van der Waals surface area contributed by atoms with Crippen molar-refractivity contribution >= 4 is 47.7 Å². The van der Waals surface area contributed by atoms with Gasteiger partial charge in [-0.25, -0.2) is 9.78 Å². The molecule has 0 bridgehead atoms. The van der Waals surface area contributed by atoms with Crippen molar-refractivity contribution in [2.24, 2.45) is 0 Å². The molecule has 0 aliphatic heterocycles. The number of benzene rings is 1. The standard InChI is InChI=1S/C23H23ClN4O3S/c1-23(2,3)31-22(30)28-18-12-14(9-11-25-18)20(32)19-17(8-5-10-26-19)21(29)27-16-7-4-6-15(24)13-16/h4-13,20,32H,1-3H3,(H,27,29)(H,25,28,30). The van der Waals surface area contributed by atoms with Crippen LogP contribution in [0.1, 0.15) is 47.6 Å². The van der Waals surface area contributed by atoms with Gasteiger partial charge in [0.25, 0.3) is 5.91 Å². The van der Waals surface area contributed by atoms with E-state index in [0.29, 0.717) is 33.3 Å². The monoisotopic (exact) mass is 470 g/mol. The maximum absolute atomic E-state index is 12.9. The quantitative estimate of drug-likeness (QED) is 0.413. The van der Waals surface area contributed by atoms with Crippen LogP contribution in [0.3, 0.4) is 0 Å². The van der Waals surface area contributed by atoms with E-state index < -0.39 is 16.9 Å². The van der Waals surface area contributed by atoms with E-state index in [9.17, 15) is 9.59 Å². The first-order valence-electron chi connectivity index (χ1n) is 9.78. The van der Waals surface area contributed by atoms with E-state index >= 15 is 0 Å². The lowest BCUT2D eigenvalue weighted by Crippen LogP contribution is -2.27. The number of nitrogens with one attached hydrogen (secondary N) is 2. The molecule has 0 saturated heterocycles. The molecular weight excluding hydrogens is 448 g/mol. The first-order valence-corrected chi connectivity index (χ1v) is 10.7. The molecule has 1 atom stereocenters. The summed E-state index contributed by atoms with van der Waals surface area (Å²) in [5, 5.41) is 5.40. The van der Waals surface area contributed by atoms with Gasteiger partial charge in [0, 0.05) is 23.1 Å². The van der Waals surface area contributed by atoms with Gasteiger partial charge in [0.2, 0.25) is 0 Å². The van der Waals surface area contributed by atoms with Crippen LogP contribution in [0.5, 0.6) is 0 Å². The molecule has 2 N–H and O–H groups in total. The van der Waals surface area contributed by atoms with Gasteiger partial charge in [0.15, 0.2) is 0 Å². The van der Waals surface area contributed by atoms with E-state index in [-0.39, 0.29) is 5.91 Å². The van der Waals surface area contributed by atoms with Gasteiger partial charge in [-0.15, -0.1) is 0 Å². The fourth-order valence-electron chi connectivity index (χ4n) is 2.84. The van der Waals surface area contributed by atoms with Crippen molar-refractivity contribution in [1.82, 2.24) is 9.97 Å². The number of carbonyl (C=O) groups excluding carboxylic acids is 2. The van der Waals surface area contributed by atoms with Gasteiger partial charge in [-0.05, 0) is 68.8 Å². The topological polar surface area (TPSA) is 93.2 Å². The first kappa shape index (κ1) is 23.6. The van der Waals surface area contributed by atoms with Crippen LogP contribution in [-0.2, 0) is 4.74 Å². The lowest BCUT2D eigenvalue weighted by Gasteiger charge is -2.20. The lowest BCUT2D eigenvalue weighted by molar-refractivity contribution is 0.0635. The minimum absolute atomic E-state index is 0.302. The Kier molecular flexibility index (Phi) is 7.37. The maximum atomic E-state index is 12.9. The molecule has 7 nitrogen and oxygen atoms in total. The van der Waals surface area contributed by atoms with Crippen LogP contribution in [0.15, 0.2) is 60.9 Å². The van der Waals surface area contributed by atoms with Crippen molar-refractivity contribution in [3.63, 3.8) is 0 Å². The molecule has 0 fully saturated rings. The lowest BCUT2D eigenvalue weighted by atomic mass is 10.0. The Morgan fingerprint density at radius 3 is 2.53 bits per heavy atom. The van der Waals surface area contributed by atoms with Crippen molar-refractivity contribution in [3.05, 3.63) is 82.8 Å². The van der Waals surface area contributed by atoms with Gasteiger partial charge < -0.3 is 10.1 Å². The SMILES string of the molecule is CC(C)(C)OC(=O)Nc1cc(C(S)c2ncccc2C(=O)Nc2cccc(Cl)c2)ccn1. The smallest absolute Gasteiger partial charge is 0.413 e. The molecular formula is C23H23ClN4O3S. The molecule has 0 aliphatic rings. The summed E-state index contributed by atoms with van der Waals surface area (Å²) >= 11 is 10.7. The summed E-state index contributed by atoms with van der Waals surface area (Å²) in [5.41, 5.74) is 1.47. The van der Waals surface area contributed by atoms with Crippen LogP contribution >= 0.6 is 24.2 Å². The molecule has 32 heavy (non-hydrogen) atoms. The number of halogens is 1. The van der Waals surface area contributed by atoms with Crippen LogP contribution in [0.2, 0.25) is 5.02 Å². The number of ether oxygens (including phenoxy) is 1. The summed E-state index contributed by atoms with van der Waals surface area (Å²) in [4.78, 5) is 33.5. The van der Waals surface area contributed by atoms with Gasteiger partial charge >= 0.3 is 6.09 Å². The highest BCUT2D eigenvalue weighted by Gasteiger charge is 2.21. The molecule has 2 amide bonds. The minimum atomic E-state index is -0.632. The number of hydrogen-bond acceptors (Lipinski definition) is 6. The summed E-state index contributed by atoms with van der Waals surface area (Å²) < 4.78 is 5.26. The van der Waals surface area contributed by atoms with Gasteiger partial charge in [-0.2, -0.15) is 12.6 Å².